The van der Waals surface area contributed by atoms with Crippen molar-refractivity contribution < 1.29 is 4.74 Å². The van der Waals surface area contributed by atoms with Gasteiger partial charge in [-0.15, -0.1) is 0 Å². The predicted molar refractivity (Wildman–Crippen MR) is 80.5 cm³/mol. The van der Waals surface area contributed by atoms with Gasteiger partial charge in [0.25, 0.3) is 0 Å². The topological polar surface area (TPSA) is 34.1 Å². The first-order chi connectivity index (χ1) is 9.15. The van der Waals surface area contributed by atoms with E-state index in [9.17, 15) is 0 Å². The largest absolute Gasteiger partial charge is 0.473 e. The molecule has 1 rings (SSSR count). The van der Waals surface area contributed by atoms with E-state index in [-0.39, 0.29) is 0 Å². The minimum Gasteiger partial charge on any atom is -0.473 e. The highest BCUT2D eigenvalue weighted by Gasteiger charge is 2.04. The molecule has 106 valence electrons. The minimum absolute atomic E-state index is 0.482. The van der Waals surface area contributed by atoms with Gasteiger partial charge in [0, 0.05) is 24.3 Å². The van der Waals surface area contributed by atoms with Gasteiger partial charge in [-0.3, -0.25) is 0 Å². The summed E-state index contributed by atoms with van der Waals surface area (Å²) in [6.07, 6.45) is 6.06. The number of ether oxygens (including phenoxy) is 1. The van der Waals surface area contributed by atoms with Gasteiger partial charge in [0.05, 0.1) is 0 Å². The fourth-order valence-electron chi connectivity index (χ4n) is 1.73. The van der Waals surface area contributed by atoms with Gasteiger partial charge in [-0.25, -0.2) is 4.98 Å². The van der Waals surface area contributed by atoms with Crippen LogP contribution in [0.3, 0.4) is 0 Å². The third-order valence-electron chi connectivity index (χ3n) is 2.70. The van der Waals surface area contributed by atoms with Crippen molar-refractivity contribution in [3.63, 3.8) is 0 Å². The zero-order valence-corrected chi connectivity index (χ0v) is 12.6. The molecule has 0 atom stereocenters. The van der Waals surface area contributed by atoms with Crippen molar-refractivity contribution in [2.24, 2.45) is 0 Å². The summed E-state index contributed by atoms with van der Waals surface area (Å²) < 4.78 is 5.66. The molecule has 3 heteroatoms. The SMILES string of the molecule is C/C=C/COc1cc(CNC(C)C)cc(CCC)n1. The standard InChI is InChI=1S/C16H26N2O/c1-5-7-9-19-16-11-14(12-17-13(3)4)10-15(18-16)8-6-2/h5,7,10-11,13,17H,6,8-9,12H2,1-4H3/b7-5+. The molecule has 1 heterocycles. The first-order valence-corrected chi connectivity index (χ1v) is 7.12. The lowest BCUT2D eigenvalue weighted by Crippen LogP contribution is -2.22. The number of nitrogens with one attached hydrogen (secondary N) is 1. The molecule has 1 aromatic rings. The third-order valence-corrected chi connectivity index (χ3v) is 2.70. The first kappa shape index (κ1) is 15.7. The molecule has 0 amide bonds. The average Bonchev–Trinajstić information content (AvgIpc) is 2.37. The third kappa shape index (κ3) is 6.39. The van der Waals surface area contributed by atoms with Crippen LogP contribution in [-0.2, 0) is 13.0 Å². The van der Waals surface area contributed by atoms with Crippen molar-refractivity contribution in [1.82, 2.24) is 10.3 Å². The number of aryl methyl sites for hydroxylation is 1. The molecule has 0 aliphatic heterocycles. The molecule has 0 aliphatic carbocycles. The van der Waals surface area contributed by atoms with Crippen molar-refractivity contribution in [3.8, 4) is 5.88 Å². The Kier molecular flexibility index (Phi) is 7.19. The Hall–Kier alpha value is -1.35. The Bertz CT molecular complexity index is 400. The smallest absolute Gasteiger partial charge is 0.214 e. The molecular weight excluding hydrogens is 236 g/mol. The average molecular weight is 262 g/mol. The highest BCUT2D eigenvalue weighted by Crippen LogP contribution is 2.14. The molecule has 19 heavy (non-hydrogen) atoms. The van der Waals surface area contributed by atoms with E-state index in [1.807, 2.05) is 25.1 Å². The van der Waals surface area contributed by atoms with Crippen molar-refractivity contribution in [2.45, 2.75) is 53.1 Å². The van der Waals surface area contributed by atoms with E-state index in [2.05, 4.69) is 37.1 Å². The molecule has 0 bridgehead atoms. The van der Waals surface area contributed by atoms with Crippen LogP contribution in [0, 0.1) is 0 Å². The van der Waals surface area contributed by atoms with Crippen LogP contribution in [0.25, 0.3) is 0 Å². The van der Waals surface area contributed by atoms with E-state index in [0.29, 0.717) is 12.6 Å². The van der Waals surface area contributed by atoms with E-state index >= 15 is 0 Å². The fraction of sp³-hybridized carbons (Fsp3) is 0.562. The zero-order chi connectivity index (χ0) is 14.1. The van der Waals surface area contributed by atoms with Gasteiger partial charge in [-0.2, -0.15) is 0 Å². The lowest BCUT2D eigenvalue weighted by atomic mass is 10.1. The Labute approximate surface area is 117 Å². The second-order valence-electron chi connectivity index (χ2n) is 4.97. The van der Waals surface area contributed by atoms with Crippen molar-refractivity contribution in [2.75, 3.05) is 6.61 Å². The van der Waals surface area contributed by atoms with E-state index < -0.39 is 0 Å². The molecule has 0 saturated carbocycles. The minimum atomic E-state index is 0.482. The molecule has 0 fully saturated rings. The highest BCUT2D eigenvalue weighted by molar-refractivity contribution is 5.25. The molecule has 1 aromatic heterocycles. The number of aromatic nitrogens is 1. The van der Waals surface area contributed by atoms with Gasteiger partial charge in [-0.1, -0.05) is 39.3 Å². The number of rotatable bonds is 8. The number of hydrogen-bond donors (Lipinski definition) is 1. The van der Waals surface area contributed by atoms with E-state index in [4.69, 9.17) is 4.74 Å². The maximum absolute atomic E-state index is 5.66. The summed E-state index contributed by atoms with van der Waals surface area (Å²) in [4.78, 5) is 4.54. The Morgan fingerprint density at radius 1 is 1.37 bits per heavy atom. The van der Waals surface area contributed by atoms with Crippen LogP contribution < -0.4 is 10.1 Å². The summed E-state index contributed by atoms with van der Waals surface area (Å²) in [5.74, 6) is 0.726. The first-order valence-electron chi connectivity index (χ1n) is 7.12. The number of nitrogens with zero attached hydrogens (tertiary/aromatic N) is 1. The summed E-state index contributed by atoms with van der Waals surface area (Å²) in [5, 5.41) is 3.43. The van der Waals surface area contributed by atoms with Crippen LogP contribution in [0.5, 0.6) is 5.88 Å². The molecular formula is C16H26N2O. The fourth-order valence-corrected chi connectivity index (χ4v) is 1.73. The van der Waals surface area contributed by atoms with E-state index in [0.717, 1.165) is 31.0 Å². The maximum Gasteiger partial charge on any atom is 0.214 e. The Morgan fingerprint density at radius 2 is 2.16 bits per heavy atom. The van der Waals surface area contributed by atoms with Crippen LogP contribution in [0.2, 0.25) is 0 Å². The molecule has 3 nitrogen and oxygen atoms in total. The second kappa shape index (κ2) is 8.70. The molecule has 0 unspecified atom stereocenters. The monoisotopic (exact) mass is 262 g/mol. The second-order valence-corrected chi connectivity index (χ2v) is 4.97. The summed E-state index contributed by atoms with van der Waals surface area (Å²) in [7, 11) is 0. The molecule has 1 N–H and O–H groups in total. The van der Waals surface area contributed by atoms with Gasteiger partial charge in [0.2, 0.25) is 5.88 Å². The van der Waals surface area contributed by atoms with Crippen LogP contribution in [0.1, 0.15) is 45.4 Å². The van der Waals surface area contributed by atoms with Crippen molar-refractivity contribution in [1.29, 1.82) is 0 Å². The number of pyridine rings is 1. The van der Waals surface area contributed by atoms with Gasteiger partial charge in [0.1, 0.15) is 6.61 Å². The summed E-state index contributed by atoms with van der Waals surface area (Å²) in [5.41, 5.74) is 2.35. The zero-order valence-electron chi connectivity index (χ0n) is 12.6. The molecule has 0 saturated heterocycles. The lowest BCUT2D eigenvalue weighted by molar-refractivity contribution is 0.346. The summed E-state index contributed by atoms with van der Waals surface area (Å²) in [6, 6.07) is 4.68. The molecule has 0 aromatic carbocycles. The summed E-state index contributed by atoms with van der Waals surface area (Å²) in [6.45, 7) is 9.89. The van der Waals surface area contributed by atoms with E-state index in [1.54, 1.807) is 0 Å². The quantitative estimate of drug-likeness (QED) is 0.728. The molecule has 0 spiro atoms. The lowest BCUT2D eigenvalue weighted by Gasteiger charge is -2.11. The van der Waals surface area contributed by atoms with Gasteiger partial charge in [-0.05, 0) is 25.0 Å². The maximum atomic E-state index is 5.66. The molecule has 0 radical (unpaired) electrons. The normalized spacial score (nSPS) is 11.4. The van der Waals surface area contributed by atoms with Crippen LogP contribution in [0.4, 0.5) is 0 Å². The number of allylic oxidation sites excluding steroid dienone is 1. The van der Waals surface area contributed by atoms with Gasteiger partial charge < -0.3 is 10.1 Å². The Balaban J connectivity index is 2.77. The Morgan fingerprint density at radius 3 is 2.79 bits per heavy atom. The van der Waals surface area contributed by atoms with Crippen LogP contribution >= 0.6 is 0 Å². The van der Waals surface area contributed by atoms with Crippen molar-refractivity contribution in [3.05, 3.63) is 35.5 Å². The molecule has 0 aliphatic rings. The van der Waals surface area contributed by atoms with Gasteiger partial charge >= 0.3 is 0 Å². The van der Waals surface area contributed by atoms with Crippen LogP contribution in [0.15, 0.2) is 24.3 Å². The number of hydrogen-bond acceptors (Lipinski definition) is 3. The predicted octanol–water partition coefficient (Wildman–Crippen LogP) is 3.49. The van der Waals surface area contributed by atoms with Crippen LogP contribution in [-0.4, -0.2) is 17.6 Å². The summed E-state index contributed by atoms with van der Waals surface area (Å²) >= 11 is 0. The van der Waals surface area contributed by atoms with Gasteiger partial charge in [0.15, 0.2) is 0 Å². The van der Waals surface area contributed by atoms with Crippen molar-refractivity contribution >= 4 is 0 Å². The highest BCUT2D eigenvalue weighted by atomic mass is 16.5. The van der Waals surface area contributed by atoms with E-state index in [1.165, 1.54) is 5.56 Å².